The fourth-order valence-electron chi connectivity index (χ4n) is 3.60. The lowest BCUT2D eigenvalue weighted by atomic mass is 9.65. The Kier molecular flexibility index (Phi) is 4.70. The Labute approximate surface area is 143 Å². The van der Waals surface area contributed by atoms with E-state index in [1.54, 1.807) is 0 Å². The monoisotopic (exact) mass is 328 g/mol. The number of methoxy groups -OCH3 is 2. The van der Waals surface area contributed by atoms with E-state index in [2.05, 4.69) is 0 Å². The number of allylic oxidation sites excluding steroid dienone is 6. The van der Waals surface area contributed by atoms with E-state index in [1.165, 1.54) is 14.2 Å². The maximum absolute atomic E-state index is 12.6. The molecule has 0 saturated carbocycles. The van der Waals surface area contributed by atoms with E-state index < -0.39 is 10.8 Å². The molecule has 0 fully saturated rings. The van der Waals surface area contributed by atoms with Gasteiger partial charge in [-0.05, 0) is 50.0 Å². The van der Waals surface area contributed by atoms with Crippen LogP contribution in [-0.2, 0) is 19.1 Å². The highest BCUT2D eigenvalue weighted by Gasteiger charge is 2.46. The van der Waals surface area contributed by atoms with Gasteiger partial charge in [-0.15, -0.1) is 0 Å². The molecule has 4 nitrogen and oxygen atoms in total. The molecule has 2 atom stereocenters. The zero-order valence-corrected chi connectivity index (χ0v) is 15.1. The molecule has 0 aromatic rings. The van der Waals surface area contributed by atoms with Crippen LogP contribution in [-0.4, -0.2) is 26.2 Å². The minimum absolute atomic E-state index is 0.358. The average molecular weight is 328 g/mol. The Morgan fingerprint density at radius 1 is 0.792 bits per heavy atom. The molecule has 2 unspecified atom stereocenters. The number of hydrogen-bond donors (Lipinski definition) is 0. The van der Waals surface area contributed by atoms with Crippen LogP contribution in [0.2, 0.25) is 0 Å². The van der Waals surface area contributed by atoms with Crippen LogP contribution in [0.3, 0.4) is 0 Å². The van der Waals surface area contributed by atoms with Gasteiger partial charge < -0.3 is 9.47 Å². The van der Waals surface area contributed by atoms with Crippen LogP contribution in [0.5, 0.6) is 0 Å². The molecule has 0 amide bonds. The topological polar surface area (TPSA) is 52.6 Å². The summed E-state index contributed by atoms with van der Waals surface area (Å²) in [5.74, 6) is -0.716. The maximum atomic E-state index is 12.6. The summed E-state index contributed by atoms with van der Waals surface area (Å²) in [7, 11) is 2.75. The first kappa shape index (κ1) is 18.0. The molecule has 0 saturated heterocycles. The Morgan fingerprint density at radius 2 is 1.12 bits per heavy atom. The van der Waals surface area contributed by atoms with Crippen molar-refractivity contribution in [1.82, 2.24) is 0 Å². The van der Waals surface area contributed by atoms with Gasteiger partial charge in [0.1, 0.15) is 10.8 Å². The van der Waals surface area contributed by atoms with E-state index in [4.69, 9.17) is 9.47 Å². The smallest absolute Gasteiger partial charge is 0.319 e. The molecule has 2 aliphatic carbocycles. The fourth-order valence-corrected chi connectivity index (χ4v) is 3.60. The van der Waals surface area contributed by atoms with Gasteiger partial charge in [-0.25, -0.2) is 0 Å². The van der Waals surface area contributed by atoms with Crippen molar-refractivity contribution in [2.75, 3.05) is 14.2 Å². The molecule has 0 N–H and O–H groups in total. The Balaban J connectivity index is 2.85. The lowest BCUT2D eigenvalue weighted by molar-refractivity contribution is -0.148. The first-order chi connectivity index (χ1) is 11.2. The van der Waals surface area contributed by atoms with E-state index in [-0.39, 0.29) is 11.9 Å². The first-order valence-electron chi connectivity index (χ1n) is 7.87. The van der Waals surface area contributed by atoms with Gasteiger partial charge in [0, 0.05) is 0 Å². The van der Waals surface area contributed by atoms with Gasteiger partial charge in [0.2, 0.25) is 0 Å². The van der Waals surface area contributed by atoms with Crippen molar-refractivity contribution in [1.29, 1.82) is 0 Å². The summed E-state index contributed by atoms with van der Waals surface area (Å²) in [6.45, 7) is 7.52. The third-order valence-electron chi connectivity index (χ3n) is 4.85. The highest BCUT2D eigenvalue weighted by atomic mass is 16.5. The van der Waals surface area contributed by atoms with Gasteiger partial charge in [0.15, 0.2) is 0 Å². The normalized spacial score (nSPS) is 32.1. The summed E-state index contributed by atoms with van der Waals surface area (Å²) in [6.07, 6.45) is 11.2. The zero-order valence-electron chi connectivity index (χ0n) is 15.1. The minimum atomic E-state index is -0.960. The van der Waals surface area contributed by atoms with Crippen molar-refractivity contribution in [3.05, 3.63) is 58.7 Å². The Hall–Kier alpha value is -2.36. The minimum Gasteiger partial charge on any atom is -0.468 e. The van der Waals surface area contributed by atoms with Gasteiger partial charge in [-0.2, -0.15) is 0 Å². The average Bonchev–Trinajstić information content (AvgIpc) is 2.55. The summed E-state index contributed by atoms with van der Waals surface area (Å²) < 4.78 is 10.1. The predicted octanol–water partition coefficient (Wildman–Crippen LogP) is 3.67. The molecule has 2 rings (SSSR count). The molecule has 4 heteroatoms. The van der Waals surface area contributed by atoms with E-state index in [0.29, 0.717) is 0 Å². The standard InChI is InChI=1S/C20H24O4/c1-13-9-7-11-19(3,17(21)23-5)15(13)16-14(2)10-8-12-20(16,4)18(22)24-6/h7-12H,1-6H3/b16-15+. The van der Waals surface area contributed by atoms with E-state index >= 15 is 0 Å². The zero-order chi connectivity index (χ0) is 18.1. The number of rotatable bonds is 2. The summed E-state index contributed by atoms with van der Waals surface area (Å²) in [4.78, 5) is 25.1. The summed E-state index contributed by atoms with van der Waals surface area (Å²) >= 11 is 0. The summed E-state index contributed by atoms with van der Waals surface area (Å²) in [5.41, 5.74) is 1.53. The van der Waals surface area contributed by atoms with Crippen molar-refractivity contribution < 1.29 is 19.1 Å². The quantitative estimate of drug-likeness (QED) is 0.726. The van der Waals surface area contributed by atoms with Crippen LogP contribution in [0, 0.1) is 10.8 Å². The van der Waals surface area contributed by atoms with Gasteiger partial charge in [-0.1, -0.05) is 36.5 Å². The SMILES string of the molecule is COC(=O)C1(C)C=CC=C(C)/C1=C1/C(C)=CC=CC1(C)C(=O)OC. The summed E-state index contributed by atoms with van der Waals surface area (Å²) in [6, 6.07) is 0. The molecule has 0 aromatic carbocycles. The molecular formula is C20H24O4. The van der Waals surface area contributed by atoms with Crippen molar-refractivity contribution in [2.24, 2.45) is 10.8 Å². The van der Waals surface area contributed by atoms with Crippen molar-refractivity contribution in [3.63, 3.8) is 0 Å². The largest absolute Gasteiger partial charge is 0.468 e. The molecular weight excluding hydrogens is 304 g/mol. The predicted molar refractivity (Wildman–Crippen MR) is 93.1 cm³/mol. The second-order valence-corrected chi connectivity index (χ2v) is 6.56. The molecule has 24 heavy (non-hydrogen) atoms. The molecule has 128 valence electrons. The number of carbonyl (C=O) groups is 2. The third-order valence-corrected chi connectivity index (χ3v) is 4.85. The van der Waals surface area contributed by atoms with E-state index in [1.807, 2.05) is 64.2 Å². The van der Waals surface area contributed by atoms with E-state index in [9.17, 15) is 9.59 Å². The van der Waals surface area contributed by atoms with Crippen molar-refractivity contribution >= 4 is 11.9 Å². The molecule has 0 spiro atoms. The van der Waals surface area contributed by atoms with Crippen LogP contribution in [0.25, 0.3) is 0 Å². The number of hydrogen-bond acceptors (Lipinski definition) is 4. The van der Waals surface area contributed by atoms with Gasteiger partial charge in [0.05, 0.1) is 14.2 Å². The Bertz CT molecular complexity index is 671. The second-order valence-electron chi connectivity index (χ2n) is 6.56. The first-order valence-corrected chi connectivity index (χ1v) is 7.87. The molecule has 0 heterocycles. The highest BCUT2D eigenvalue weighted by Crippen LogP contribution is 2.49. The molecule has 0 aliphatic heterocycles. The van der Waals surface area contributed by atoms with Crippen molar-refractivity contribution in [2.45, 2.75) is 27.7 Å². The molecule has 0 aromatic heterocycles. The van der Waals surface area contributed by atoms with Crippen LogP contribution in [0.4, 0.5) is 0 Å². The van der Waals surface area contributed by atoms with Crippen LogP contribution in [0.15, 0.2) is 58.7 Å². The highest BCUT2D eigenvalue weighted by molar-refractivity contribution is 5.90. The van der Waals surface area contributed by atoms with Crippen LogP contribution in [0.1, 0.15) is 27.7 Å². The second kappa shape index (κ2) is 6.27. The number of ether oxygens (including phenoxy) is 2. The lowest BCUT2D eigenvalue weighted by Crippen LogP contribution is -2.38. The number of esters is 2. The molecule has 2 aliphatic rings. The summed E-state index contributed by atoms with van der Waals surface area (Å²) in [5, 5.41) is 0. The van der Waals surface area contributed by atoms with Crippen molar-refractivity contribution in [3.8, 4) is 0 Å². The van der Waals surface area contributed by atoms with Gasteiger partial charge in [0.25, 0.3) is 0 Å². The van der Waals surface area contributed by atoms with Gasteiger partial charge >= 0.3 is 11.9 Å². The Morgan fingerprint density at radius 3 is 1.42 bits per heavy atom. The van der Waals surface area contributed by atoms with Crippen LogP contribution < -0.4 is 0 Å². The maximum Gasteiger partial charge on any atom is 0.319 e. The third kappa shape index (κ3) is 2.56. The van der Waals surface area contributed by atoms with E-state index in [0.717, 1.165) is 22.3 Å². The molecule has 0 radical (unpaired) electrons. The van der Waals surface area contributed by atoms with Crippen LogP contribution >= 0.6 is 0 Å². The fraction of sp³-hybridized carbons (Fsp3) is 0.400. The molecule has 0 bridgehead atoms. The number of carbonyl (C=O) groups excluding carboxylic acids is 2. The lowest BCUT2D eigenvalue weighted by Gasteiger charge is -2.38. The van der Waals surface area contributed by atoms with Gasteiger partial charge in [-0.3, -0.25) is 9.59 Å².